The number of nitrogens with zero attached hydrogens (tertiary/aromatic N) is 2. The second kappa shape index (κ2) is 7.37. The monoisotopic (exact) mass is 448 g/mol. The lowest BCUT2D eigenvalue weighted by Gasteiger charge is -2.09. The van der Waals surface area contributed by atoms with Crippen molar-refractivity contribution >= 4 is 44.4 Å². The first-order valence-corrected chi connectivity index (χ1v) is 11.7. The summed E-state index contributed by atoms with van der Waals surface area (Å²) >= 11 is 14.1. The Balaban J connectivity index is 1.76. The number of thiophene rings is 1. The quantitative estimate of drug-likeness (QED) is 0.385. The van der Waals surface area contributed by atoms with E-state index in [1.807, 2.05) is 36.4 Å². The lowest BCUT2D eigenvalue weighted by Crippen LogP contribution is -1.99. The molecule has 0 aliphatic rings. The molecule has 0 unspecified atom stereocenters. The van der Waals surface area contributed by atoms with Gasteiger partial charge in [0.2, 0.25) is 0 Å². The van der Waals surface area contributed by atoms with Crippen molar-refractivity contribution in [1.82, 2.24) is 9.78 Å². The van der Waals surface area contributed by atoms with Crippen molar-refractivity contribution in [3.8, 4) is 26.7 Å². The van der Waals surface area contributed by atoms with Crippen molar-refractivity contribution in [3.63, 3.8) is 0 Å². The topological polar surface area (TPSA) is 52.0 Å². The van der Waals surface area contributed by atoms with Gasteiger partial charge in [-0.1, -0.05) is 41.4 Å². The van der Waals surface area contributed by atoms with Gasteiger partial charge < -0.3 is 0 Å². The van der Waals surface area contributed by atoms with E-state index in [-0.39, 0.29) is 0 Å². The van der Waals surface area contributed by atoms with Crippen LogP contribution >= 0.6 is 34.5 Å². The Hall–Kier alpha value is -2.12. The number of benzene rings is 2. The summed E-state index contributed by atoms with van der Waals surface area (Å²) in [5.74, 6) is 0. The molecule has 0 saturated heterocycles. The van der Waals surface area contributed by atoms with Gasteiger partial charge >= 0.3 is 0 Å². The van der Waals surface area contributed by atoms with Gasteiger partial charge in [0.1, 0.15) is 0 Å². The van der Waals surface area contributed by atoms with Crippen LogP contribution in [-0.4, -0.2) is 24.5 Å². The van der Waals surface area contributed by atoms with Crippen LogP contribution in [0.15, 0.2) is 71.8 Å². The minimum absolute atomic E-state index is 0.302. The molecular weight excluding hydrogens is 435 g/mol. The predicted octanol–water partition coefficient (Wildman–Crippen LogP) is 5.98. The maximum Gasteiger partial charge on any atom is 0.175 e. The highest BCUT2D eigenvalue weighted by atomic mass is 35.5. The van der Waals surface area contributed by atoms with E-state index in [9.17, 15) is 8.42 Å². The van der Waals surface area contributed by atoms with Crippen LogP contribution < -0.4 is 0 Å². The Morgan fingerprint density at radius 2 is 1.71 bits per heavy atom. The molecule has 4 aromatic rings. The van der Waals surface area contributed by atoms with Crippen molar-refractivity contribution in [2.75, 3.05) is 6.26 Å². The van der Waals surface area contributed by atoms with E-state index >= 15 is 0 Å². The first-order chi connectivity index (χ1) is 13.3. The third kappa shape index (κ3) is 3.61. The minimum atomic E-state index is -3.26. The second-order valence-electron chi connectivity index (χ2n) is 6.17. The van der Waals surface area contributed by atoms with Crippen molar-refractivity contribution in [2.45, 2.75) is 4.90 Å². The molecule has 2 heterocycles. The molecule has 0 spiro atoms. The van der Waals surface area contributed by atoms with E-state index in [1.54, 1.807) is 46.5 Å². The number of hydrogen-bond acceptors (Lipinski definition) is 4. The summed E-state index contributed by atoms with van der Waals surface area (Å²) in [6, 6.07) is 18.2. The van der Waals surface area contributed by atoms with E-state index in [0.717, 1.165) is 21.0 Å². The van der Waals surface area contributed by atoms with Crippen LogP contribution in [0.2, 0.25) is 10.0 Å². The normalized spacial score (nSPS) is 11.7. The summed E-state index contributed by atoms with van der Waals surface area (Å²) in [6.45, 7) is 0. The Morgan fingerprint density at radius 3 is 2.50 bits per heavy atom. The third-order valence-corrected chi connectivity index (χ3v) is 7.28. The summed E-state index contributed by atoms with van der Waals surface area (Å²) in [5.41, 5.74) is 2.42. The van der Waals surface area contributed by atoms with Crippen LogP contribution in [0.1, 0.15) is 0 Å². The average molecular weight is 449 g/mol. The predicted molar refractivity (Wildman–Crippen MR) is 115 cm³/mol. The number of halogens is 2. The van der Waals surface area contributed by atoms with E-state index in [0.29, 0.717) is 20.6 Å². The molecule has 4 nitrogen and oxygen atoms in total. The molecule has 0 atom stereocenters. The highest BCUT2D eigenvalue weighted by Gasteiger charge is 2.15. The molecule has 0 fully saturated rings. The molecule has 0 N–H and O–H groups in total. The van der Waals surface area contributed by atoms with Gasteiger partial charge in [-0.2, -0.15) is 5.10 Å². The first kappa shape index (κ1) is 19.2. The second-order valence-corrected chi connectivity index (χ2v) is 10.0. The maximum atomic E-state index is 11.8. The molecule has 2 aromatic carbocycles. The largest absolute Gasteiger partial charge is 0.231 e. The summed E-state index contributed by atoms with van der Waals surface area (Å²) in [4.78, 5) is 2.24. The maximum absolute atomic E-state index is 11.8. The highest BCUT2D eigenvalue weighted by Crippen LogP contribution is 2.37. The molecule has 0 aliphatic heterocycles. The number of hydrogen-bond donors (Lipinski definition) is 0. The van der Waals surface area contributed by atoms with E-state index < -0.39 is 9.84 Å². The van der Waals surface area contributed by atoms with Gasteiger partial charge in [-0.3, -0.25) is 0 Å². The van der Waals surface area contributed by atoms with Gasteiger partial charge in [0.15, 0.2) is 9.84 Å². The Kier molecular flexibility index (Phi) is 5.05. The standard InChI is InChI=1S/C20H14Cl2N2O2S2/c1-28(25,26)14-5-2-4-13(12-14)18-8-9-19(27-18)16-10-11-23-24(16)17-7-3-6-15(21)20(17)22/h2-12H,1H3. The smallest absolute Gasteiger partial charge is 0.175 e. The zero-order valence-corrected chi connectivity index (χ0v) is 17.8. The fourth-order valence-electron chi connectivity index (χ4n) is 2.85. The van der Waals surface area contributed by atoms with E-state index in [2.05, 4.69) is 5.10 Å². The number of aromatic nitrogens is 2. The molecule has 8 heteroatoms. The fourth-order valence-corrected chi connectivity index (χ4v) is 4.90. The van der Waals surface area contributed by atoms with Crippen LogP contribution in [0.25, 0.3) is 26.7 Å². The van der Waals surface area contributed by atoms with Gasteiger partial charge in [-0.25, -0.2) is 13.1 Å². The molecule has 142 valence electrons. The van der Waals surface area contributed by atoms with E-state index in [1.165, 1.54) is 6.26 Å². The summed E-state index contributed by atoms with van der Waals surface area (Å²) < 4.78 is 25.4. The molecule has 0 saturated carbocycles. The van der Waals surface area contributed by atoms with Gasteiger partial charge in [0.25, 0.3) is 0 Å². The highest BCUT2D eigenvalue weighted by molar-refractivity contribution is 7.90. The van der Waals surface area contributed by atoms with Crippen LogP contribution in [0, 0.1) is 0 Å². The average Bonchev–Trinajstić information content (AvgIpc) is 3.32. The lowest BCUT2D eigenvalue weighted by atomic mass is 10.2. The van der Waals surface area contributed by atoms with Gasteiger partial charge in [-0.05, 0) is 48.0 Å². The Labute approximate surface area is 176 Å². The van der Waals surface area contributed by atoms with Crippen LogP contribution in [-0.2, 0) is 9.84 Å². The van der Waals surface area contributed by atoms with Crippen LogP contribution in [0.4, 0.5) is 0 Å². The van der Waals surface area contributed by atoms with Gasteiger partial charge in [0.05, 0.1) is 37.4 Å². The lowest BCUT2D eigenvalue weighted by molar-refractivity contribution is 0.602. The van der Waals surface area contributed by atoms with E-state index in [4.69, 9.17) is 23.2 Å². The fraction of sp³-hybridized carbons (Fsp3) is 0.0500. The molecular formula is C20H14Cl2N2O2S2. The summed E-state index contributed by atoms with van der Waals surface area (Å²) in [6.07, 6.45) is 2.91. The summed E-state index contributed by atoms with van der Waals surface area (Å²) in [7, 11) is -3.26. The van der Waals surface area contributed by atoms with Gasteiger partial charge in [-0.15, -0.1) is 11.3 Å². The molecule has 0 aliphatic carbocycles. The first-order valence-electron chi connectivity index (χ1n) is 8.24. The molecule has 28 heavy (non-hydrogen) atoms. The zero-order valence-electron chi connectivity index (χ0n) is 14.6. The summed E-state index contributed by atoms with van der Waals surface area (Å²) in [5, 5.41) is 5.29. The third-order valence-electron chi connectivity index (χ3n) is 4.21. The van der Waals surface area contributed by atoms with Crippen LogP contribution in [0.5, 0.6) is 0 Å². The molecule has 4 rings (SSSR count). The molecule has 0 bridgehead atoms. The molecule has 0 amide bonds. The molecule has 0 radical (unpaired) electrons. The zero-order chi connectivity index (χ0) is 19.9. The number of sulfone groups is 1. The SMILES string of the molecule is CS(=O)(=O)c1cccc(-c2ccc(-c3ccnn3-c3cccc(Cl)c3Cl)s2)c1. The van der Waals surface area contributed by atoms with Crippen molar-refractivity contribution in [1.29, 1.82) is 0 Å². The minimum Gasteiger partial charge on any atom is -0.231 e. The van der Waals surface area contributed by atoms with Crippen molar-refractivity contribution in [3.05, 3.63) is 76.9 Å². The molecule has 2 aromatic heterocycles. The van der Waals surface area contributed by atoms with Crippen molar-refractivity contribution in [2.24, 2.45) is 0 Å². The Morgan fingerprint density at radius 1 is 0.964 bits per heavy atom. The Bertz CT molecular complexity index is 1280. The van der Waals surface area contributed by atoms with Crippen molar-refractivity contribution < 1.29 is 8.42 Å². The number of rotatable bonds is 4. The van der Waals surface area contributed by atoms with Crippen LogP contribution in [0.3, 0.4) is 0 Å². The van der Waals surface area contributed by atoms with Gasteiger partial charge in [0, 0.05) is 11.1 Å².